The van der Waals surface area contributed by atoms with Gasteiger partial charge >= 0.3 is 0 Å². The fourth-order valence-corrected chi connectivity index (χ4v) is 4.09. The van der Waals surface area contributed by atoms with Crippen LogP contribution in [0.5, 0.6) is 0 Å². The topological polar surface area (TPSA) is 105 Å². The number of hydrogen-bond donors (Lipinski definition) is 2. The highest BCUT2D eigenvalue weighted by Crippen LogP contribution is 2.29. The van der Waals surface area contributed by atoms with Crippen molar-refractivity contribution in [3.05, 3.63) is 98.3 Å². The summed E-state index contributed by atoms with van der Waals surface area (Å²) < 4.78 is 13.2. The number of nitrogens with one attached hydrogen (secondary N) is 2. The van der Waals surface area contributed by atoms with E-state index in [1.807, 2.05) is 0 Å². The molecule has 3 aromatic carbocycles. The van der Waals surface area contributed by atoms with Gasteiger partial charge in [-0.3, -0.25) is 19.7 Å². The smallest absolute Gasteiger partial charge is 0.288 e. The van der Waals surface area contributed by atoms with Gasteiger partial charge in [-0.05, 0) is 60.9 Å². The quantitative estimate of drug-likeness (QED) is 0.347. The number of rotatable bonds is 7. The lowest BCUT2D eigenvalue weighted by Crippen LogP contribution is -2.27. The summed E-state index contributed by atoms with van der Waals surface area (Å²) in [4.78, 5) is 38.4. The Labute approximate surface area is 205 Å². The molecule has 0 aromatic heterocycles. The van der Waals surface area contributed by atoms with Crippen LogP contribution in [0.3, 0.4) is 0 Å². The molecule has 0 spiro atoms. The van der Waals surface area contributed by atoms with Crippen LogP contribution in [0.15, 0.2) is 60.7 Å². The zero-order valence-electron chi connectivity index (χ0n) is 18.6. The lowest BCUT2D eigenvalue weighted by atomic mass is 10.1. The van der Waals surface area contributed by atoms with E-state index in [0.717, 1.165) is 43.2 Å². The second kappa shape index (κ2) is 10.5. The number of nitro benzene ring substituents is 1. The maximum absolute atomic E-state index is 13.2. The van der Waals surface area contributed by atoms with Crippen LogP contribution in [0.4, 0.5) is 21.5 Å². The Balaban J connectivity index is 1.56. The molecule has 3 aromatic rings. The number of halogens is 2. The highest BCUT2D eigenvalue weighted by molar-refractivity contribution is 6.32. The van der Waals surface area contributed by atoms with E-state index < -0.39 is 10.8 Å². The fraction of sp³-hybridized carbons (Fsp3) is 0.200. The predicted molar refractivity (Wildman–Crippen MR) is 132 cm³/mol. The first-order chi connectivity index (χ1) is 16.8. The maximum Gasteiger partial charge on any atom is 0.288 e. The molecule has 35 heavy (non-hydrogen) atoms. The van der Waals surface area contributed by atoms with E-state index in [1.54, 1.807) is 30.3 Å². The van der Waals surface area contributed by atoms with Gasteiger partial charge in [0.05, 0.1) is 10.5 Å². The number of nitro groups is 1. The Morgan fingerprint density at radius 2 is 1.71 bits per heavy atom. The van der Waals surface area contributed by atoms with Gasteiger partial charge in [0.25, 0.3) is 17.5 Å². The van der Waals surface area contributed by atoms with Gasteiger partial charge in [0.15, 0.2) is 0 Å². The summed E-state index contributed by atoms with van der Waals surface area (Å²) in [6, 6.07) is 14.7. The molecule has 2 amide bonds. The average Bonchev–Trinajstić information content (AvgIpc) is 3.38. The van der Waals surface area contributed by atoms with Crippen molar-refractivity contribution in [3.63, 3.8) is 0 Å². The van der Waals surface area contributed by atoms with Gasteiger partial charge in [-0.25, -0.2) is 4.39 Å². The van der Waals surface area contributed by atoms with Crippen LogP contribution in [-0.2, 0) is 6.54 Å². The molecule has 4 rings (SSSR count). The maximum atomic E-state index is 13.2. The first-order valence-corrected chi connectivity index (χ1v) is 11.4. The Kier molecular flexibility index (Phi) is 7.26. The molecule has 10 heteroatoms. The van der Waals surface area contributed by atoms with Gasteiger partial charge in [0.1, 0.15) is 10.8 Å². The molecular formula is C25H22ClFN4O4. The second-order valence-electron chi connectivity index (χ2n) is 8.11. The van der Waals surface area contributed by atoms with Gasteiger partial charge in [0.2, 0.25) is 0 Å². The summed E-state index contributed by atoms with van der Waals surface area (Å²) in [5.74, 6) is -1.27. The molecule has 0 unspecified atom stereocenters. The molecule has 1 fully saturated rings. The van der Waals surface area contributed by atoms with Crippen molar-refractivity contribution in [1.29, 1.82) is 0 Å². The summed E-state index contributed by atoms with van der Waals surface area (Å²) in [5, 5.41) is 16.6. The number of hydrogen-bond acceptors (Lipinski definition) is 5. The van der Waals surface area contributed by atoms with E-state index in [4.69, 9.17) is 11.6 Å². The largest absolute Gasteiger partial charge is 0.371 e. The standard InChI is InChI=1S/C25H22ClFN4O4/c26-21-9-5-17(13-23(21)31(34)35)24(32)29-19-8-10-22(30-11-1-2-12-30)20(14-19)25(33)28-15-16-3-6-18(27)7-4-16/h3-10,13-14H,1-2,11-12,15H2,(H,28,33)(H,29,32). The number of anilines is 2. The van der Waals surface area contributed by atoms with E-state index in [9.17, 15) is 24.1 Å². The number of carbonyl (C=O) groups excluding carboxylic acids is 2. The van der Waals surface area contributed by atoms with Gasteiger partial charge in [-0.15, -0.1) is 0 Å². The monoisotopic (exact) mass is 496 g/mol. The number of amides is 2. The van der Waals surface area contributed by atoms with Crippen LogP contribution < -0.4 is 15.5 Å². The third kappa shape index (κ3) is 5.75. The van der Waals surface area contributed by atoms with Crippen molar-refractivity contribution in [2.75, 3.05) is 23.3 Å². The minimum atomic E-state index is -0.659. The van der Waals surface area contributed by atoms with Crippen molar-refractivity contribution in [2.24, 2.45) is 0 Å². The van der Waals surface area contributed by atoms with Gasteiger partial charge < -0.3 is 15.5 Å². The van der Waals surface area contributed by atoms with Crippen LogP contribution in [0.1, 0.15) is 39.1 Å². The molecule has 0 radical (unpaired) electrons. The third-order valence-electron chi connectivity index (χ3n) is 5.72. The first-order valence-electron chi connectivity index (χ1n) is 11.0. The molecule has 180 valence electrons. The lowest BCUT2D eigenvalue weighted by molar-refractivity contribution is -0.384. The van der Waals surface area contributed by atoms with E-state index >= 15 is 0 Å². The number of nitrogens with zero attached hydrogens (tertiary/aromatic N) is 2. The van der Waals surface area contributed by atoms with E-state index in [0.29, 0.717) is 11.3 Å². The normalized spacial score (nSPS) is 12.9. The molecule has 1 saturated heterocycles. The fourth-order valence-electron chi connectivity index (χ4n) is 3.91. The Morgan fingerprint density at radius 3 is 2.40 bits per heavy atom. The Hall–Kier alpha value is -3.98. The van der Waals surface area contributed by atoms with Crippen molar-refractivity contribution in [2.45, 2.75) is 19.4 Å². The summed E-state index contributed by atoms with van der Waals surface area (Å²) in [7, 11) is 0. The number of carbonyl (C=O) groups is 2. The molecule has 1 aliphatic rings. The Bertz CT molecular complexity index is 1280. The van der Waals surface area contributed by atoms with Crippen LogP contribution in [-0.4, -0.2) is 29.8 Å². The SMILES string of the molecule is O=C(Nc1ccc(N2CCCC2)c(C(=O)NCc2ccc(F)cc2)c1)c1ccc(Cl)c([N+](=O)[O-])c1. The third-order valence-corrected chi connectivity index (χ3v) is 6.04. The molecule has 8 nitrogen and oxygen atoms in total. The van der Waals surface area contributed by atoms with Crippen molar-refractivity contribution < 1.29 is 18.9 Å². The highest BCUT2D eigenvalue weighted by Gasteiger charge is 2.21. The van der Waals surface area contributed by atoms with Gasteiger partial charge in [-0.2, -0.15) is 0 Å². The summed E-state index contributed by atoms with van der Waals surface area (Å²) in [6.07, 6.45) is 2.04. The van der Waals surface area contributed by atoms with Crippen molar-refractivity contribution in [3.8, 4) is 0 Å². The van der Waals surface area contributed by atoms with Crippen LogP contribution in [0.2, 0.25) is 5.02 Å². The molecule has 0 atom stereocenters. The molecule has 2 N–H and O–H groups in total. The number of benzene rings is 3. The van der Waals surface area contributed by atoms with E-state index in [1.165, 1.54) is 24.3 Å². The minimum Gasteiger partial charge on any atom is -0.371 e. The summed E-state index contributed by atoms with van der Waals surface area (Å²) in [5.41, 5.74) is 1.93. The summed E-state index contributed by atoms with van der Waals surface area (Å²) in [6.45, 7) is 1.85. The lowest BCUT2D eigenvalue weighted by Gasteiger charge is -2.22. The molecule has 0 bridgehead atoms. The van der Waals surface area contributed by atoms with Gasteiger partial charge in [0, 0.05) is 42.6 Å². The van der Waals surface area contributed by atoms with E-state index in [-0.39, 0.29) is 34.5 Å². The van der Waals surface area contributed by atoms with Crippen molar-refractivity contribution >= 4 is 40.5 Å². The molecule has 0 aliphatic carbocycles. The van der Waals surface area contributed by atoms with Crippen LogP contribution in [0, 0.1) is 15.9 Å². The predicted octanol–water partition coefficient (Wildman–Crippen LogP) is 5.17. The van der Waals surface area contributed by atoms with Crippen LogP contribution >= 0.6 is 11.6 Å². The van der Waals surface area contributed by atoms with Crippen LogP contribution in [0.25, 0.3) is 0 Å². The van der Waals surface area contributed by atoms with Crippen molar-refractivity contribution in [1.82, 2.24) is 5.32 Å². The Morgan fingerprint density at radius 1 is 1.00 bits per heavy atom. The zero-order valence-corrected chi connectivity index (χ0v) is 19.3. The zero-order chi connectivity index (χ0) is 24.9. The minimum absolute atomic E-state index is 0.0621. The highest BCUT2D eigenvalue weighted by atomic mass is 35.5. The second-order valence-corrected chi connectivity index (χ2v) is 8.52. The molecule has 1 heterocycles. The first kappa shape index (κ1) is 24.2. The molecular weight excluding hydrogens is 475 g/mol. The van der Waals surface area contributed by atoms with Gasteiger partial charge in [-0.1, -0.05) is 23.7 Å². The van der Waals surface area contributed by atoms with E-state index in [2.05, 4.69) is 15.5 Å². The molecule has 0 saturated carbocycles. The summed E-state index contributed by atoms with van der Waals surface area (Å²) >= 11 is 5.83. The molecule has 1 aliphatic heterocycles. The average molecular weight is 497 g/mol.